The summed E-state index contributed by atoms with van der Waals surface area (Å²) in [6.07, 6.45) is 3.73. The molecule has 33 heavy (non-hydrogen) atoms. The topological polar surface area (TPSA) is 151 Å². The molecule has 10 nitrogen and oxygen atoms in total. The lowest BCUT2D eigenvalue weighted by Gasteiger charge is -2.28. The molecule has 2 unspecified atom stereocenters. The van der Waals surface area contributed by atoms with Crippen LogP contribution in [0.5, 0.6) is 11.5 Å². The van der Waals surface area contributed by atoms with E-state index in [4.69, 9.17) is 24.7 Å². The molecule has 0 spiro atoms. The van der Waals surface area contributed by atoms with Gasteiger partial charge in [-0.05, 0) is 49.3 Å². The minimum atomic E-state index is -1.34. The molecule has 0 bridgehead atoms. The van der Waals surface area contributed by atoms with Crippen molar-refractivity contribution in [3.8, 4) is 11.5 Å². The number of benzene rings is 1. The van der Waals surface area contributed by atoms with Gasteiger partial charge in [0.1, 0.15) is 12.1 Å². The molecule has 1 aliphatic rings. The van der Waals surface area contributed by atoms with Crippen LogP contribution >= 0.6 is 0 Å². The van der Waals surface area contributed by atoms with Crippen LogP contribution in [0.25, 0.3) is 0 Å². The van der Waals surface area contributed by atoms with Gasteiger partial charge < -0.3 is 29.8 Å². The van der Waals surface area contributed by atoms with Crippen LogP contribution in [0.4, 0.5) is 4.79 Å². The van der Waals surface area contributed by atoms with E-state index in [1.54, 1.807) is 6.92 Å². The van der Waals surface area contributed by atoms with Gasteiger partial charge in [0, 0.05) is 19.8 Å². The number of nitrogens with two attached hydrogens (primary N) is 1. The Morgan fingerprint density at radius 1 is 1.03 bits per heavy atom. The third kappa shape index (κ3) is 8.05. The maximum atomic E-state index is 12.1. The van der Waals surface area contributed by atoms with Crippen molar-refractivity contribution in [2.24, 2.45) is 11.7 Å². The Morgan fingerprint density at radius 2 is 1.64 bits per heavy atom. The average Bonchev–Trinajstić information content (AvgIpc) is 2.74. The fraction of sp³-hybridized carbons (Fsp3) is 0.565. The monoisotopic (exact) mass is 465 g/mol. The second-order valence-electron chi connectivity index (χ2n) is 8.20. The number of aliphatic carboxylic acids is 1. The van der Waals surface area contributed by atoms with Crippen molar-refractivity contribution in [1.82, 2.24) is 0 Å². The van der Waals surface area contributed by atoms with Crippen molar-refractivity contribution in [2.75, 3.05) is 6.61 Å². The molecule has 182 valence electrons. The van der Waals surface area contributed by atoms with Crippen molar-refractivity contribution in [3.63, 3.8) is 0 Å². The Kier molecular flexibility index (Phi) is 9.65. The van der Waals surface area contributed by atoms with Crippen molar-refractivity contribution >= 4 is 24.1 Å². The van der Waals surface area contributed by atoms with Gasteiger partial charge >= 0.3 is 24.1 Å². The lowest BCUT2D eigenvalue weighted by Crippen LogP contribution is -2.40. The highest BCUT2D eigenvalue weighted by Crippen LogP contribution is 2.36. The van der Waals surface area contributed by atoms with Crippen LogP contribution in [0.15, 0.2) is 18.2 Å². The summed E-state index contributed by atoms with van der Waals surface area (Å²) in [4.78, 5) is 46.6. The van der Waals surface area contributed by atoms with Gasteiger partial charge in [-0.15, -0.1) is 0 Å². The Hall–Kier alpha value is -3.14. The summed E-state index contributed by atoms with van der Waals surface area (Å²) < 4.78 is 20.8. The summed E-state index contributed by atoms with van der Waals surface area (Å²) >= 11 is 0. The first-order chi connectivity index (χ1) is 15.6. The molecule has 1 saturated carbocycles. The summed E-state index contributed by atoms with van der Waals surface area (Å²) in [5.41, 5.74) is 6.37. The zero-order chi connectivity index (χ0) is 24.5. The first-order valence-electron chi connectivity index (χ1n) is 10.9. The fourth-order valence-corrected chi connectivity index (χ4v) is 3.91. The highest BCUT2D eigenvalue weighted by atomic mass is 16.7. The molecule has 1 aliphatic carbocycles. The van der Waals surface area contributed by atoms with Gasteiger partial charge in [-0.25, -0.2) is 4.79 Å². The van der Waals surface area contributed by atoms with Gasteiger partial charge in [0.2, 0.25) is 0 Å². The van der Waals surface area contributed by atoms with Gasteiger partial charge in [0.15, 0.2) is 11.5 Å². The standard InChI is InChI=1S/C23H31NO9/c1-13(12-30-23(29)33-17-7-5-4-6-8-17)20(21(24)22(27)28)16-9-10-18(31-14(2)25)19(11-16)32-15(3)26/h9-11,13,17,20-21H,4-8,12,24H2,1-3H3,(H,27,28)/t13?,20?,21-/m0/s1. The minimum absolute atomic E-state index is 0.00376. The van der Waals surface area contributed by atoms with Crippen LogP contribution in [-0.4, -0.2) is 47.9 Å². The molecule has 0 radical (unpaired) electrons. The number of esters is 2. The number of hydrogen-bond donors (Lipinski definition) is 2. The Morgan fingerprint density at radius 3 is 2.21 bits per heavy atom. The number of carbonyl (C=O) groups is 4. The van der Waals surface area contributed by atoms with E-state index in [0.717, 1.165) is 32.1 Å². The quantitative estimate of drug-likeness (QED) is 0.411. The number of rotatable bonds is 9. The highest BCUT2D eigenvalue weighted by Gasteiger charge is 2.33. The predicted octanol–water partition coefficient (Wildman–Crippen LogP) is 3.15. The number of hydrogen-bond acceptors (Lipinski definition) is 9. The zero-order valence-electron chi connectivity index (χ0n) is 19.1. The number of carbonyl (C=O) groups excluding carboxylic acids is 3. The molecule has 10 heteroatoms. The molecule has 1 fully saturated rings. The van der Waals surface area contributed by atoms with E-state index in [-0.39, 0.29) is 24.2 Å². The molecular weight excluding hydrogens is 434 g/mol. The van der Waals surface area contributed by atoms with E-state index >= 15 is 0 Å². The Labute approximate surface area is 192 Å². The fourth-order valence-electron chi connectivity index (χ4n) is 3.91. The molecule has 1 aromatic carbocycles. The predicted molar refractivity (Wildman–Crippen MR) is 116 cm³/mol. The summed E-state index contributed by atoms with van der Waals surface area (Å²) in [5, 5.41) is 9.53. The average molecular weight is 465 g/mol. The largest absolute Gasteiger partial charge is 0.508 e. The first kappa shape index (κ1) is 26.1. The summed E-state index contributed by atoms with van der Waals surface area (Å²) in [6.45, 7) is 3.93. The third-order valence-electron chi connectivity index (χ3n) is 5.42. The normalized spacial score (nSPS) is 16.7. The van der Waals surface area contributed by atoms with Crippen molar-refractivity contribution in [1.29, 1.82) is 0 Å². The van der Waals surface area contributed by atoms with E-state index in [0.29, 0.717) is 5.56 Å². The molecule has 0 aliphatic heterocycles. The van der Waals surface area contributed by atoms with Gasteiger partial charge in [-0.1, -0.05) is 19.4 Å². The van der Waals surface area contributed by atoms with Crippen molar-refractivity contribution < 1.29 is 43.2 Å². The lowest BCUT2D eigenvalue weighted by molar-refractivity contribution is -0.139. The molecule has 3 N–H and O–H groups in total. The molecule has 0 saturated heterocycles. The van der Waals surface area contributed by atoms with Crippen LogP contribution in [0.2, 0.25) is 0 Å². The maximum absolute atomic E-state index is 12.1. The van der Waals surface area contributed by atoms with Crippen molar-refractivity contribution in [2.45, 2.75) is 70.9 Å². The number of ether oxygens (including phenoxy) is 4. The van der Waals surface area contributed by atoms with Gasteiger partial charge in [0.25, 0.3) is 0 Å². The van der Waals surface area contributed by atoms with Crippen LogP contribution in [0.1, 0.15) is 64.4 Å². The molecule has 0 aromatic heterocycles. The maximum Gasteiger partial charge on any atom is 0.508 e. The third-order valence-corrected chi connectivity index (χ3v) is 5.42. The van der Waals surface area contributed by atoms with E-state index in [1.165, 1.54) is 32.0 Å². The summed E-state index contributed by atoms with van der Waals surface area (Å²) in [5.74, 6) is -3.92. The number of carboxylic acids is 1. The highest BCUT2D eigenvalue weighted by molar-refractivity contribution is 5.76. The van der Waals surface area contributed by atoms with E-state index in [9.17, 15) is 24.3 Å². The molecule has 3 atom stereocenters. The lowest BCUT2D eigenvalue weighted by atomic mass is 9.82. The molecule has 0 heterocycles. The second kappa shape index (κ2) is 12.2. The molecular formula is C23H31NO9. The van der Waals surface area contributed by atoms with Crippen LogP contribution in [-0.2, 0) is 23.9 Å². The van der Waals surface area contributed by atoms with Gasteiger partial charge in [-0.2, -0.15) is 0 Å². The Bertz CT molecular complexity index is 863. The zero-order valence-corrected chi connectivity index (χ0v) is 19.1. The summed E-state index contributed by atoms with van der Waals surface area (Å²) in [7, 11) is 0. The SMILES string of the molecule is CC(=O)Oc1ccc(C(C(C)COC(=O)OC2CCCCC2)[C@H](N)C(=O)O)cc1OC(C)=O. The van der Waals surface area contributed by atoms with Crippen LogP contribution < -0.4 is 15.2 Å². The Balaban J connectivity index is 2.20. The van der Waals surface area contributed by atoms with Gasteiger partial charge in [-0.3, -0.25) is 14.4 Å². The minimum Gasteiger partial charge on any atom is -0.480 e. The van der Waals surface area contributed by atoms with E-state index in [2.05, 4.69) is 0 Å². The van der Waals surface area contributed by atoms with Crippen LogP contribution in [0, 0.1) is 5.92 Å². The molecule has 2 rings (SSSR count). The summed E-state index contributed by atoms with van der Waals surface area (Å²) in [6, 6.07) is 2.96. The van der Waals surface area contributed by atoms with Crippen LogP contribution in [0.3, 0.4) is 0 Å². The molecule has 0 amide bonds. The first-order valence-corrected chi connectivity index (χ1v) is 10.9. The van der Waals surface area contributed by atoms with E-state index < -0.39 is 41.9 Å². The molecule has 1 aromatic rings. The van der Waals surface area contributed by atoms with Crippen molar-refractivity contribution in [3.05, 3.63) is 23.8 Å². The van der Waals surface area contributed by atoms with Gasteiger partial charge in [0.05, 0.1) is 6.61 Å². The number of carboxylic acid groups (broad SMARTS) is 1. The second-order valence-corrected chi connectivity index (χ2v) is 8.20. The van der Waals surface area contributed by atoms with E-state index in [1.807, 2.05) is 0 Å². The smallest absolute Gasteiger partial charge is 0.480 e.